The van der Waals surface area contributed by atoms with Crippen molar-refractivity contribution >= 4 is 0 Å². The van der Waals surface area contributed by atoms with Crippen molar-refractivity contribution in [2.24, 2.45) is 5.41 Å². The summed E-state index contributed by atoms with van der Waals surface area (Å²) in [5.41, 5.74) is 1.23. The van der Waals surface area contributed by atoms with Crippen molar-refractivity contribution < 1.29 is 9.84 Å². The first-order valence-electron chi connectivity index (χ1n) is 7.57. The number of rotatable bonds is 4. The highest BCUT2D eigenvalue weighted by atomic mass is 16.5. The summed E-state index contributed by atoms with van der Waals surface area (Å²) in [5, 5.41) is 13.8. The van der Waals surface area contributed by atoms with E-state index < -0.39 is 0 Å². The summed E-state index contributed by atoms with van der Waals surface area (Å²) in [6.45, 7) is 6.78. The molecule has 0 saturated heterocycles. The molecule has 0 radical (unpaired) electrons. The maximum Gasteiger partial charge on any atom is 0.120 e. The highest BCUT2D eigenvalue weighted by Crippen LogP contribution is 2.37. The maximum atomic E-state index is 10.1. The minimum Gasteiger partial charge on any atom is -0.508 e. The van der Waals surface area contributed by atoms with Crippen molar-refractivity contribution in [1.82, 2.24) is 5.32 Å². The number of phenolic OH excluding ortho intramolecular Hbond substituents is 1. The van der Waals surface area contributed by atoms with Crippen LogP contribution in [0.25, 0.3) is 0 Å². The average molecular weight is 277 g/mol. The highest BCUT2D eigenvalue weighted by Gasteiger charge is 2.33. The van der Waals surface area contributed by atoms with Gasteiger partial charge in [0.2, 0.25) is 0 Å². The molecule has 3 nitrogen and oxygen atoms in total. The van der Waals surface area contributed by atoms with Gasteiger partial charge in [-0.3, -0.25) is 0 Å². The van der Waals surface area contributed by atoms with Crippen LogP contribution in [0.3, 0.4) is 0 Å². The summed E-state index contributed by atoms with van der Waals surface area (Å²) in [6, 6.07) is 6.03. The second-order valence-corrected chi connectivity index (χ2v) is 6.60. The highest BCUT2D eigenvalue weighted by molar-refractivity contribution is 5.41. The molecule has 1 saturated carbocycles. The van der Waals surface area contributed by atoms with Gasteiger partial charge in [-0.1, -0.05) is 26.7 Å². The van der Waals surface area contributed by atoms with Gasteiger partial charge in [0.05, 0.1) is 7.11 Å². The lowest BCUT2D eigenvalue weighted by atomic mass is 9.73. The molecule has 3 heteroatoms. The Balaban J connectivity index is 2.13. The van der Waals surface area contributed by atoms with Crippen molar-refractivity contribution in [3.8, 4) is 11.5 Å². The van der Waals surface area contributed by atoms with E-state index in [1.54, 1.807) is 19.2 Å². The number of nitrogens with one attached hydrogen (secondary N) is 1. The van der Waals surface area contributed by atoms with Gasteiger partial charge in [-0.05, 0) is 43.4 Å². The van der Waals surface area contributed by atoms with Gasteiger partial charge in [0.25, 0.3) is 0 Å². The minimum atomic E-state index is 0.118. The zero-order valence-electron chi connectivity index (χ0n) is 13.1. The van der Waals surface area contributed by atoms with Crippen molar-refractivity contribution in [2.45, 2.75) is 58.5 Å². The van der Waals surface area contributed by atoms with Crippen LogP contribution < -0.4 is 10.1 Å². The summed E-state index contributed by atoms with van der Waals surface area (Å²) < 4.78 is 5.25. The fraction of sp³-hybridized carbons (Fsp3) is 0.647. The van der Waals surface area contributed by atoms with Crippen LogP contribution in [0, 0.1) is 5.41 Å². The van der Waals surface area contributed by atoms with E-state index in [2.05, 4.69) is 26.1 Å². The Morgan fingerprint density at radius 3 is 2.75 bits per heavy atom. The molecule has 20 heavy (non-hydrogen) atoms. The molecule has 1 fully saturated rings. The smallest absolute Gasteiger partial charge is 0.120 e. The van der Waals surface area contributed by atoms with E-state index in [1.807, 2.05) is 6.07 Å². The minimum absolute atomic E-state index is 0.118. The summed E-state index contributed by atoms with van der Waals surface area (Å²) in [4.78, 5) is 0. The third kappa shape index (κ3) is 3.26. The van der Waals surface area contributed by atoms with Crippen molar-refractivity contribution in [3.63, 3.8) is 0 Å². The van der Waals surface area contributed by atoms with Gasteiger partial charge in [0.15, 0.2) is 0 Å². The molecule has 2 N–H and O–H groups in total. The Labute approximate surface area is 122 Å². The molecule has 0 amide bonds. The number of phenols is 1. The first kappa shape index (κ1) is 15.2. The molecule has 1 aliphatic rings. The standard InChI is InChI=1S/C17H27NO2/c1-12(14-11-13(20-4)8-9-15(14)19)18-16-7-5-6-10-17(16,2)3/h8-9,11-12,16,18-19H,5-7,10H2,1-4H3. The first-order chi connectivity index (χ1) is 9.44. The van der Waals surface area contributed by atoms with Crippen molar-refractivity contribution in [2.75, 3.05) is 7.11 Å². The fourth-order valence-electron chi connectivity index (χ4n) is 3.20. The number of ether oxygens (including phenoxy) is 1. The molecule has 0 aliphatic heterocycles. The van der Waals surface area contributed by atoms with Crippen LogP contribution in [0.4, 0.5) is 0 Å². The Kier molecular flexibility index (Phi) is 4.59. The quantitative estimate of drug-likeness (QED) is 0.873. The second-order valence-electron chi connectivity index (χ2n) is 6.60. The molecule has 0 bridgehead atoms. The van der Waals surface area contributed by atoms with Crippen LogP contribution in [0.1, 0.15) is 58.1 Å². The molecule has 112 valence electrons. The van der Waals surface area contributed by atoms with E-state index >= 15 is 0 Å². The van der Waals surface area contributed by atoms with Crippen LogP contribution in [0.2, 0.25) is 0 Å². The van der Waals surface area contributed by atoms with E-state index in [4.69, 9.17) is 4.74 Å². The SMILES string of the molecule is COc1ccc(O)c(C(C)NC2CCCCC2(C)C)c1. The van der Waals surface area contributed by atoms with E-state index in [0.717, 1.165) is 11.3 Å². The van der Waals surface area contributed by atoms with E-state index in [0.29, 0.717) is 17.2 Å². The Morgan fingerprint density at radius 2 is 2.10 bits per heavy atom. The monoisotopic (exact) mass is 277 g/mol. The maximum absolute atomic E-state index is 10.1. The van der Waals surface area contributed by atoms with Crippen LogP contribution >= 0.6 is 0 Å². The van der Waals surface area contributed by atoms with Crippen LogP contribution in [-0.2, 0) is 0 Å². The molecule has 0 spiro atoms. The number of aromatic hydroxyl groups is 1. The summed E-state index contributed by atoms with van der Waals surface area (Å²) >= 11 is 0. The molecule has 1 aliphatic carbocycles. The number of hydrogen-bond acceptors (Lipinski definition) is 3. The van der Waals surface area contributed by atoms with Crippen molar-refractivity contribution in [1.29, 1.82) is 0 Å². The Morgan fingerprint density at radius 1 is 1.35 bits per heavy atom. The van der Waals surface area contributed by atoms with Gasteiger partial charge >= 0.3 is 0 Å². The molecule has 0 aromatic heterocycles. The lowest BCUT2D eigenvalue weighted by Gasteiger charge is -2.41. The zero-order chi connectivity index (χ0) is 14.8. The van der Waals surface area contributed by atoms with Gasteiger partial charge in [0, 0.05) is 17.6 Å². The second kappa shape index (κ2) is 6.04. The van der Waals surface area contributed by atoms with Crippen LogP contribution in [0.5, 0.6) is 11.5 Å². The summed E-state index contributed by atoms with van der Waals surface area (Å²) in [5.74, 6) is 1.12. The Hall–Kier alpha value is -1.22. The summed E-state index contributed by atoms with van der Waals surface area (Å²) in [7, 11) is 1.65. The Bertz CT molecular complexity index is 456. The largest absolute Gasteiger partial charge is 0.508 e. The lowest BCUT2D eigenvalue weighted by molar-refractivity contribution is 0.157. The zero-order valence-corrected chi connectivity index (χ0v) is 13.1. The first-order valence-corrected chi connectivity index (χ1v) is 7.57. The molecule has 2 rings (SSSR count). The van der Waals surface area contributed by atoms with Crippen LogP contribution in [0.15, 0.2) is 18.2 Å². The molecule has 2 atom stereocenters. The molecule has 1 aromatic carbocycles. The van der Waals surface area contributed by atoms with Gasteiger partial charge in [-0.25, -0.2) is 0 Å². The van der Waals surface area contributed by atoms with Gasteiger partial charge < -0.3 is 15.2 Å². The topological polar surface area (TPSA) is 41.5 Å². The van der Waals surface area contributed by atoms with Crippen molar-refractivity contribution in [3.05, 3.63) is 23.8 Å². The molecular formula is C17H27NO2. The van der Waals surface area contributed by atoms with E-state index in [9.17, 15) is 5.11 Å². The molecule has 1 aromatic rings. The predicted octanol–water partition coefficient (Wildman–Crippen LogP) is 4.02. The number of hydrogen-bond donors (Lipinski definition) is 2. The summed E-state index contributed by atoms with van der Waals surface area (Å²) in [6.07, 6.45) is 5.09. The van der Waals surface area contributed by atoms with E-state index in [-0.39, 0.29) is 6.04 Å². The van der Waals surface area contributed by atoms with Gasteiger partial charge in [-0.2, -0.15) is 0 Å². The number of methoxy groups -OCH3 is 1. The molecular weight excluding hydrogens is 250 g/mol. The molecule has 2 unspecified atom stereocenters. The third-order valence-corrected chi connectivity index (χ3v) is 4.66. The van der Waals surface area contributed by atoms with E-state index in [1.165, 1.54) is 25.7 Å². The molecule has 0 heterocycles. The number of benzene rings is 1. The van der Waals surface area contributed by atoms with Gasteiger partial charge in [-0.15, -0.1) is 0 Å². The third-order valence-electron chi connectivity index (χ3n) is 4.66. The average Bonchev–Trinajstić information content (AvgIpc) is 2.41. The van der Waals surface area contributed by atoms with Crippen LogP contribution in [-0.4, -0.2) is 18.3 Å². The normalized spacial score (nSPS) is 23.3. The lowest BCUT2D eigenvalue weighted by Crippen LogP contribution is -2.45. The predicted molar refractivity (Wildman–Crippen MR) is 82.2 cm³/mol. The van der Waals surface area contributed by atoms with Gasteiger partial charge in [0.1, 0.15) is 11.5 Å². The fourth-order valence-corrected chi connectivity index (χ4v) is 3.20.